The summed E-state index contributed by atoms with van der Waals surface area (Å²) in [5.41, 5.74) is 3.92. The Kier molecular flexibility index (Phi) is 9.44. The van der Waals surface area contributed by atoms with Crippen LogP contribution in [0.3, 0.4) is 0 Å². The summed E-state index contributed by atoms with van der Waals surface area (Å²) in [6.07, 6.45) is -0.430. The van der Waals surface area contributed by atoms with Gasteiger partial charge in [0.1, 0.15) is 5.82 Å². The number of hydrogen-bond acceptors (Lipinski definition) is 9. The number of alkyl halides is 3. The number of thiophene rings is 1. The first kappa shape index (κ1) is 33.3. The Morgan fingerprint density at radius 3 is 2.63 bits per heavy atom. The number of H-pyrrole nitrogens is 1. The van der Waals surface area contributed by atoms with E-state index in [1.165, 1.54) is 0 Å². The number of carboxylic acid groups (broad SMARTS) is 1. The van der Waals surface area contributed by atoms with Gasteiger partial charge in [0.15, 0.2) is 5.82 Å². The Bertz CT molecular complexity index is 2120. The van der Waals surface area contributed by atoms with Crippen molar-refractivity contribution in [2.45, 2.75) is 44.4 Å². The van der Waals surface area contributed by atoms with E-state index < -0.39 is 12.1 Å². The van der Waals surface area contributed by atoms with Crippen molar-refractivity contribution in [2.24, 2.45) is 5.92 Å². The van der Waals surface area contributed by atoms with E-state index in [0.29, 0.717) is 29.6 Å². The monoisotopic (exact) mass is 694 g/mol. The van der Waals surface area contributed by atoms with E-state index in [4.69, 9.17) is 19.4 Å². The number of nitrogens with one attached hydrogen (secondary N) is 3. The highest BCUT2D eigenvalue weighted by Crippen LogP contribution is 2.45. The number of halogens is 3. The minimum Gasteiger partial charge on any atom is -0.475 e. The Morgan fingerprint density at radius 1 is 1.14 bits per heavy atom. The number of hydrogen-bond donors (Lipinski definition) is 4. The largest absolute Gasteiger partial charge is 0.490 e. The van der Waals surface area contributed by atoms with Crippen molar-refractivity contribution in [1.29, 1.82) is 0 Å². The summed E-state index contributed by atoms with van der Waals surface area (Å²) in [5.74, 6) is -1.04. The predicted molar refractivity (Wildman–Crippen MR) is 172 cm³/mol. The summed E-state index contributed by atoms with van der Waals surface area (Å²) in [6, 6.07) is 15.4. The highest BCUT2D eigenvalue weighted by molar-refractivity contribution is 7.09. The second-order valence-electron chi connectivity index (χ2n) is 11.3. The highest BCUT2D eigenvalue weighted by atomic mass is 32.1. The zero-order chi connectivity index (χ0) is 34.7. The molecule has 4 N–H and O–H groups in total. The molecular formula is C32H29F3N8O5S. The van der Waals surface area contributed by atoms with Gasteiger partial charge in [0.25, 0.3) is 5.91 Å². The van der Waals surface area contributed by atoms with Gasteiger partial charge < -0.3 is 24.8 Å². The molecule has 0 saturated heterocycles. The van der Waals surface area contributed by atoms with Crippen molar-refractivity contribution in [1.82, 2.24) is 40.5 Å². The van der Waals surface area contributed by atoms with Gasteiger partial charge in [-0.2, -0.15) is 23.3 Å². The first-order chi connectivity index (χ1) is 23.5. The van der Waals surface area contributed by atoms with E-state index in [-0.39, 0.29) is 30.8 Å². The molecule has 1 fully saturated rings. The fourth-order valence-electron chi connectivity index (χ4n) is 5.38. The molecule has 0 aliphatic heterocycles. The van der Waals surface area contributed by atoms with Gasteiger partial charge in [-0.3, -0.25) is 14.7 Å². The van der Waals surface area contributed by atoms with E-state index >= 15 is 0 Å². The number of aromatic nitrogens is 6. The quantitative estimate of drug-likeness (QED) is 0.149. The number of fused-ring (bicyclic) bond motifs is 2. The molecule has 2 aromatic carbocycles. The Morgan fingerprint density at radius 2 is 1.94 bits per heavy atom. The van der Waals surface area contributed by atoms with Crippen LogP contribution in [0.5, 0.6) is 0 Å². The van der Waals surface area contributed by atoms with Crippen LogP contribution in [0.4, 0.5) is 13.2 Å². The molecule has 4 aromatic heterocycles. The van der Waals surface area contributed by atoms with Crippen molar-refractivity contribution in [3.05, 3.63) is 82.3 Å². The summed E-state index contributed by atoms with van der Waals surface area (Å²) in [4.78, 5) is 45.4. The molecule has 1 aliphatic carbocycles. The van der Waals surface area contributed by atoms with Gasteiger partial charge in [0.05, 0.1) is 29.3 Å². The summed E-state index contributed by atoms with van der Waals surface area (Å²) in [6.45, 7) is 0.155. The van der Waals surface area contributed by atoms with Gasteiger partial charge in [0.2, 0.25) is 11.8 Å². The molecule has 7 rings (SSSR count). The van der Waals surface area contributed by atoms with Crippen LogP contribution < -0.4 is 10.6 Å². The zero-order valence-electron chi connectivity index (χ0n) is 25.8. The van der Waals surface area contributed by atoms with Crippen LogP contribution in [0, 0.1) is 5.92 Å². The molecule has 0 radical (unpaired) electrons. The van der Waals surface area contributed by atoms with Gasteiger partial charge in [0, 0.05) is 47.3 Å². The zero-order valence-corrected chi connectivity index (χ0v) is 26.6. The van der Waals surface area contributed by atoms with Crippen LogP contribution in [0.1, 0.15) is 52.3 Å². The Hall–Kier alpha value is -5.58. The molecule has 1 aliphatic rings. The van der Waals surface area contributed by atoms with E-state index in [2.05, 4.69) is 35.5 Å². The van der Waals surface area contributed by atoms with Crippen LogP contribution >= 0.6 is 11.3 Å². The molecule has 1 unspecified atom stereocenters. The first-order valence-corrected chi connectivity index (χ1v) is 16.0. The number of rotatable bonds is 10. The van der Waals surface area contributed by atoms with Crippen molar-refractivity contribution < 1.29 is 37.2 Å². The SMILES string of the molecule is CNC(=O)c1ccc2nc(-c3ccc4cn[nH]c4c3)n(C(CC(=O)NCc3nc(Cc4cccs4)no3)C3CC3)c2c1.O=C(O)C(F)(F)F. The molecular weight excluding hydrogens is 665 g/mol. The second-order valence-corrected chi connectivity index (χ2v) is 12.3. The van der Waals surface area contributed by atoms with Crippen LogP contribution in [-0.2, 0) is 22.6 Å². The number of carbonyl (C=O) groups excluding carboxylic acids is 2. The molecule has 4 heterocycles. The minimum absolute atomic E-state index is 0.121. The van der Waals surface area contributed by atoms with Gasteiger partial charge in [-0.15, -0.1) is 11.3 Å². The number of carboxylic acids is 1. The van der Waals surface area contributed by atoms with Crippen molar-refractivity contribution in [2.75, 3.05) is 7.05 Å². The molecule has 2 amide bonds. The third-order valence-electron chi connectivity index (χ3n) is 7.87. The molecule has 6 aromatic rings. The van der Waals surface area contributed by atoms with Gasteiger partial charge in [-0.25, -0.2) is 9.78 Å². The molecule has 1 atom stereocenters. The number of carbonyl (C=O) groups is 3. The smallest absolute Gasteiger partial charge is 0.475 e. The Balaban J connectivity index is 0.000000540. The lowest BCUT2D eigenvalue weighted by Gasteiger charge is -2.22. The molecule has 13 nitrogen and oxygen atoms in total. The maximum atomic E-state index is 13.4. The van der Waals surface area contributed by atoms with Crippen LogP contribution in [-0.4, -0.2) is 66.0 Å². The van der Waals surface area contributed by atoms with Crippen molar-refractivity contribution >= 4 is 51.1 Å². The fraction of sp³-hybridized carbons (Fsp3) is 0.281. The highest BCUT2D eigenvalue weighted by Gasteiger charge is 2.38. The third-order valence-corrected chi connectivity index (χ3v) is 8.75. The van der Waals surface area contributed by atoms with Crippen LogP contribution in [0.15, 0.2) is 64.6 Å². The maximum absolute atomic E-state index is 13.4. The van der Waals surface area contributed by atoms with Gasteiger partial charge in [-0.1, -0.05) is 23.4 Å². The predicted octanol–water partition coefficient (Wildman–Crippen LogP) is 5.27. The summed E-state index contributed by atoms with van der Waals surface area (Å²) >= 11 is 1.64. The van der Waals surface area contributed by atoms with Crippen LogP contribution in [0.2, 0.25) is 0 Å². The van der Waals surface area contributed by atoms with E-state index in [0.717, 1.165) is 51.0 Å². The molecule has 0 spiro atoms. The third kappa shape index (κ3) is 7.77. The minimum atomic E-state index is -5.08. The average molecular weight is 695 g/mol. The average Bonchev–Trinajstić information content (AvgIpc) is 3.45. The second kappa shape index (κ2) is 13.9. The molecule has 0 bridgehead atoms. The van der Waals surface area contributed by atoms with Crippen molar-refractivity contribution in [3.63, 3.8) is 0 Å². The molecule has 1 saturated carbocycles. The van der Waals surface area contributed by atoms with E-state index in [1.54, 1.807) is 30.6 Å². The van der Waals surface area contributed by atoms with Gasteiger partial charge in [-0.05, 0) is 54.5 Å². The standard InChI is InChI=1S/C30H28N8O3S.C2HF3O2/c1-31-30(40)19-8-9-22-25(12-19)38(29(34-22)18-6-7-20-15-33-36-23(20)11-18)24(17-4-5-17)14-27(39)32-16-28-35-26(37-41-28)13-21-3-2-10-42-21;3-2(4,5)1(6)7/h2-3,6-12,15,17,24H,4-5,13-14,16H2,1H3,(H,31,40)(H,32,39)(H,33,36);(H,6,7). The lowest BCUT2D eigenvalue weighted by atomic mass is 10.1. The van der Waals surface area contributed by atoms with Crippen molar-refractivity contribution in [3.8, 4) is 11.4 Å². The molecule has 49 heavy (non-hydrogen) atoms. The number of aliphatic carboxylic acids is 1. The molecule has 17 heteroatoms. The van der Waals surface area contributed by atoms with Gasteiger partial charge >= 0.3 is 12.1 Å². The summed E-state index contributed by atoms with van der Waals surface area (Å²) < 4.78 is 39.3. The summed E-state index contributed by atoms with van der Waals surface area (Å²) in [5, 5.41) is 27.0. The topological polar surface area (TPSA) is 181 Å². The number of benzene rings is 2. The normalized spacial score (nSPS) is 13.6. The van der Waals surface area contributed by atoms with Crippen LogP contribution in [0.25, 0.3) is 33.3 Å². The maximum Gasteiger partial charge on any atom is 0.490 e. The number of nitrogens with zero attached hydrogens (tertiary/aromatic N) is 5. The lowest BCUT2D eigenvalue weighted by Crippen LogP contribution is -2.27. The van der Waals surface area contributed by atoms with E-state index in [9.17, 15) is 22.8 Å². The molecule has 254 valence electrons. The fourth-order valence-corrected chi connectivity index (χ4v) is 6.08. The summed E-state index contributed by atoms with van der Waals surface area (Å²) in [7, 11) is 1.61. The number of aromatic amines is 1. The Labute approximate surface area is 279 Å². The van der Waals surface area contributed by atoms with E-state index in [1.807, 2.05) is 47.8 Å². The first-order valence-electron chi connectivity index (χ1n) is 15.1. The number of amides is 2. The number of imidazole rings is 1. The lowest BCUT2D eigenvalue weighted by molar-refractivity contribution is -0.192.